The number of para-hydroxylation sites is 1. The van der Waals surface area contributed by atoms with E-state index in [1.54, 1.807) is 6.07 Å². The summed E-state index contributed by atoms with van der Waals surface area (Å²) >= 11 is 6.16. The second-order valence-electron chi connectivity index (χ2n) is 5.59. The Morgan fingerprint density at radius 3 is 2.56 bits per heavy atom. The predicted molar refractivity (Wildman–Crippen MR) is 101 cm³/mol. The highest BCUT2D eigenvalue weighted by Gasteiger charge is 2.07. The summed E-state index contributed by atoms with van der Waals surface area (Å²) in [5.41, 5.74) is 3.87. The van der Waals surface area contributed by atoms with Gasteiger partial charge in [-0.3, -0.25) is 0 Å². The number of nitrogens with zero attached hydrogens (tertiary/aromatic N) is 3. The van der Waals surface area contributed by atoms with Crippen LogP contribution < -0.4 is 10.6 Å². The Labute approximate surface area is 151 Å². The Bertz CT molecular complexity index is 962. The van der Waals surface area contributed by atoms with Crippen molar-refractivity contribution in [3.8, 4) is 6.07 Å². The molecule has 0 atom stereocenters. The minimum absolute atomic E-state index is 0.455. The minimum Gasteiger partial charge on any atom is -0.339 e. The molecule has 0 aliphatic heterocycles. The summed E-state index contributed by atoms with van der Waals surface area (Å²) in [4.78, 5) is 8.86. The van der Waals surface area contributed by atoms with Gasteiger partial charge in [0.1, 0.15) is 11.9 Å². The third kappa shape index (κ3) is 4.06. The zero-order chi connectivity index (χ0) is 17.8. The molecule has 6 heteroatoms. The highest BCUT2D eigenvalue weighted by Crippen LogP contribution is 2.24. The van der Waals surface area contributed by atoms with Gasteiger partial charge >= 0.3 is 0 Å². The molecule has 0 radical (unpaired) electrons. The summed E-state index contributed by atoms with van der Waals surface area (Å²) in [6.07, 6.45) is 0. The van der Waals surface area contributed by atoms with Crippen LogP contribution in [0.3, 0.4) is 0 Å². The lowest BCUT2D eigenvalue weighted by Gasteiger charge is -2.11. The summed E-state index contributed by atoms with van der Waals surface area (Å²) in [5.74, 6) is 1.06. The molecule has 0 saturated carbocycles. The van der Waals surface area contributed by atoms with Gasteiger partial charge in [-0.1, -0.05) is 29.8 Å². The molecule has 2 N–H and O–H groups in total. The highest BCUT2D eigenvalue weighted by molar-refractivity contribution is 6.31. The number of nitrogens with one attached hydrogen (secondary N) is 2. The molecule has 3 rings (SSSR count). The van der Waals surface area contributed by atoms with E-state index in [9.17, 15) is 5.26 Å². The molecule has 25 heavy (non-hydrogen) atoms. The summed E-state index contributed by atoms with van der Waals surface area (Å²) in [6.45, 7) is 3.83. The van der Waals surface area contributed by atoms with Crippen LogP contribution in [0.1, 0.15) is 16.8 Å². The van der Waals surface area contributed by atoms with Crippen molar-refractivity contribution in [1.29, 1.82) is 5.26 Å². The summed E-state index contributed by atoms with van der Waals surface area (Å²) in [7, 11) is 0. The Hall–Kier alpha value is -3.10. The molecule has 0 bridgehead atoms. The van der Waals surface area contributed by atoms with E-state index in [-0.39, 0.29) is 0 Å². The maximum atomic E-state index is 9.20. The SMILES string of the molecule is Cc1cc(Nc2ccccc2C#N)nc(Nc2ccc(C)c(Cl)c2)n1. The van der Waals surface area contributed by atoms with Crippen molar-refractivity contribution >= 4 is 34.7 Å². The van der Waals surface area contributed by atoms with Gasteiger partial charge in [0.15, 0.2) is 0 Å². The lowest BCUT2D eigenvalue weighted by Crippen LogP contribution is -2.03. The Morgan fingerprint density at radius 1 is 1.00 bits per heavy atom. The number of hydrogen-bond donors (Lipinski definition) is 2. The third-order valence-corrected chi connectivity index (χ3v) is 4.00. The van der Waals surface area contributed by atoms with E-state index in [4.69, 9.17) is 11.6 Å². The van der Waals surface area contributed by atoms with E-state index in [2.05, 4.69) is 26.7 Å². The molecule has 3 aromatic rings. The number of rotatable bonds is 4. The van der Waals surface area contributed by atoms with Gasteiger partial charge in [-0.15, -0.1) is 0 Å². The van der Waals surface area contributed by atoms with Crippen molar-refractivity contribution in [3.63, 3.8) is 0 Å². The molecule has 1 heterocycles. The highest BCUT2D eigenvalue weighted by atomic mass is 35.5. The predicted octanol–water partition coefficient (Wildman–Crippen LogP) is 5.11. The van der Waals surface area contributed by atoms with Crippen LogP contribution in [0, 0.1) is 25.2 Å². The van der Waals surface area contributed by atoms with E-state index in [0.717, 1.165) is 16.9 Å². The van der Waals surface area contributed by atoms with Crippen LogP contribution in [-0.2, 0) is 0 Å². The molecule has 0 aliphatic carbocycles. The van der Waals surface area contributed by atoms with E-state index in [0.29, 0.717) is 28.0 Å². The van der Waals surface area contributed by atoms with Gasteiger partial charge in [0.25, 0.3) is 0 Å². The standard InChI is InChI=1S/C19H16ClN5/c1-12-7-8-15(10-16(12)20)23-19-22-13(2)9-18(25-19)24-17-6-4-3-5-14(17)11-21/h3-10H,1-2H3,(H2,22,23,24,25). The fourth-order valence-corrected chi connectivity index (χ4v) is 2.50. The van der Waals surface area contributed by atoms with Crippen LogP contribution in [-0.4, -0.2) is 9.97 Å². The fraction of sp³-hybridized carbons (Fsp3) is 0.105. The van der Waals surface area contributed by atoms with Crippen LogP contribution in [0.4, 0.5) is 23.1 Å². The number of aryl methyl sites for hydroxylation is 2. The van der Waals surface area contributed by atoms with Gasteiger partial charge in [-0.25, -0.2) is 4.98 Å². The van der Waals surface area contributed by atoms with Gasteiger partial charge < -0.3 is 10.6 Å². The summed E-state index contributed by atoms with van der Waals surface area (Å²) in [5, 5.41) is 16.2. The van der Waals surface area contributed by atoms with Gasteiger partial charge in [-0.05, 0) is 43.7 Å². The van der Waals surface area contributed by atoms with Crippen molar-refractivity contribution in [1.82, 2.24) is 9.97 Å². The Balaban J connectivity index is 1.88. The maximum absolute atomic E-state index is 9.20. The van der Waals surface area contributed by atoms with Crippen molar-refractivity contribution in [3.05, 3.63) is 70.4 Å². The molecule has 0 unspecified atom stereocenters. The zero-order valence-corrected chi connectivity index (χ0v) is 14.6. The summed E-state index contributed by atoms with van der Waals surface area (Å²) in [6, 6.07) is 16.9. The first-order valence-corrected chi connectivity index (χ1v) is 8.08. The molecule has 5 nitrogen and oxygen atoms in total. The lowest BCUT2D eigenvalue weighted by molar-refractivity contribution is 1.11. The molecule has 1 aromatic heterocycles. The number of aromatic nitrogens is 2. The molecular formula is C19H16ClN5. The fourth-order valence-electron chi connectivity index (χ4n) is 2.32. The van der Waals surface area contributed by atoms with E-state index >= 15 is 0 Å². The Kier molecular flexibility index (Phi) is 4.82. The minimum atomic E-state index is 0.455. The first-order valence-electron chi connectivity index (χ1n) is 7.70. The van der Waals surface area contributed by atoms with Gasteiger partial charge in [0.2, 0.25) is 5.95 Å². The lowest BCUT2D eigenvalue weighted by atomic mass is 10.2. The monoisotopic (exact) mass is 349 g/mol. The van der Waals surface area contributed by atoms with Crippen LogP contribution in [0.15, 0.2) is 48.5 Å². The molecule has 0 aliphatic rings. The number of nitriles is 1. The zero-order valence-electron chi connectivity index (χ0n) is 13.8. The first kappa shape index (κ1) is 16.7. The quantitative estimate of drug-likeness (QED) is 0.685. The molecule has 0 saturated heterocycles. The number of halogens is 1. The van der Waals surface area contributed by atoms with Crippen LogP contribution in [0.5, 0.6) is 0 Å². The van der Waals surface area contributed by atoms with Crippen molar-refractivity contribution in [2.75, 3.05) is 10.6 Å². The molecule has 0 spiro atoms. The smallest absolute Gasteiger partial charge is 0.229 e. The van der Waals surface area contributed by atoms with E-state index in [1.165, 1.54) is 0 Å². The van der Waals surface area contributed by atoms with Crippen molar-refractivity contribution < 1.29 is 0 Å². The summed E-state index contributed by atoms with van der Waals surface area (Å²) < 4.78 is 0. The number of anilines is 4. The van der Waals surface area contributed by atoms with E-state index in [1.807, 2.05) is 56.3 Å². The van der Waals surface area contributed by atoms with Crippen LogP contribution in [0.25, 0.3) is 0 Å². The van der Waals surface area contributed by atoms with Gasteiger partial charge in [0.05, 0.1) is 11.3 Å². The van der Waals surface area contributed by atoms with Gasteiger partial charge in [0, 0.05) is 22.5 Å². The molecule has 0 amide bonds. The van der Waals surface area contributed by atoms with Crippen molar-refractivity contribution in [2.45, 2.75) is 13.8 Å². The van der Waals surface area contributed by atoms with Crippen LogP contribution >= 0.6 is 11.6 Å². The Morgan fingerprint density at radius 2 is 1.80 bits per heavy atom. The maximum Gasteiger partial charge on any atom is 0.229 e. The number of benzene rings is 2. The average Bonchev–Trinajstić information content (AvgIpc) is 2.58. The van der Waals surface area contributed by atoms with Crippen molar-refractivity contribution in [2.24, 2.45) is 0 Å². The molecular weight excluding hydrogens is 334 g/mol. The second-order valence-corrected chi connectivity index (χ2v) is 6.00. The number of hydrogen-bond acceptors (Lipinski definition) is 5. The molecule has 124 valence electrons. The second kappa shape index (κ2) is 7.20. The largest absolute Gasteiger partial charge is 0.339 e. The van der Waals surface area contributed by atoms with Crippen LogP contribution in [0.2, 0.25) is 5.02 Å². The van der Waals surface area contributed by atoms with Gasteiger partial charge in [-0.2, -0.15) is 10.2 Å². The average molecular weight is 350 g/mol. The normalized spacial score (nSPS) is 10.2. The van der Waals surface area contributed by atoms with E-state index < -0.39 is 0 Å². The first-order chi connectivity index (χ1) is 12.0. The molecule has 0 fully saturated rings. The topological polar surface area (TPSA) is 73.6 Å². The third-order valence-electron chi connectivity index (χ3n) is 3.59. The molecule has 2 aromatic carbocycles.